The Kier molecular flexibility index (Phi) is 6.28. The van der Waals surface area contributed by atoms with Crippen LogP contribution in [0.1, 0.15) is 24.5 Å². The van der Waals surface area contributed by atoms with E-state index >= 15 is 0 Å². The van der Waals surface area contributed by atoms with E-state index in [1.165, 1.54) is 11.1 Å². The lowest BCUT2D eigenvalue weighted by Crippen LogP contribution is -2.26. The summed E-state index contributed by atoms with van der Waals surface area (Å²) in [4.78, 5) is 0. The fraction of sp³-hybridized carbons (Fsp3) is 0.368. The van der Waals surface area contributed by atoms with Crippen LogP contribution >= 0.6 is 0 Å². The van der Waals surface area contributed by atoms with Crippen molar-refractivity contribution in [2.45, 2.75) is 32.4 Å². The van der Waals surface area contributed by atoms with E-state index in [-0.39, 0.29) is 0 Å². The Labute approximate surface area is 133 Å². The Morgan fingerprint density at radius 2 is 1.55 bits per heavy atom. The van der Waals surface area contributed by atoms with Crippen LogP contribution in [0.2, 0.25) is 0 Å². The minimum absolute atomic E-state index is 0.456. The molecule has 0 aromatic heterocycles. The standard InChI is InChI=1S/C19H25NO2/c1-15(9-10-16-7-5-4-6-8-16)20-14-17-11-18(21-2)13-19(12-17)22-3/h4-8,11-13,15,20H,9-10,14H2,1-3H3/t15-/m0/s1. The molecule has 3 nitrogen and oxygen atoms in total. The highest BCUT2D eigenvalue weighted by atomic mass is 16.5. The number of benzene rings is 2. The van der Waals surface area contributed by atoms with Gasteiger partial charge in [0.15, 0.2) is 0 Å². The number of ether oxygens (including phenoxy) is 2. The van der Waals surface area contributed by atoms with Gasteiger partial charge in [-0.25, -0.2) is 0 Å². The summed E-state index contributed by atoms with van der Waals surface area (Å²) < 4.78 is 10.6. The van der Waals surface area contributed by atoms with Crippen LogP contribution in [0.15, 0.2) is 48.5 Å². The molecule has 0 heterocycles. The first-order valence-electron chi connectivity index (χ1n) is 7.70. The van der Waals surface area contributed by atoms with Crippen LogP contribution in [0.4, 0.5) is 0 Å². The van der Waals surface area contributed by atoms with Gasteiger partial charge in [0.25, 0.3) is 0 Å². The third-order valence-corrected chi connectivity index (χ3v) is 3.77. The molecule has 2 aromatic carbocycles. The van der Waals surface area contributed by atoms with Crippen molar-refractivity contribution in [3.05, 3.63) is 59.7 Å². The Morgan fingerprint density at radius 3 is 2.14 bits per heavy atom. The molecule has 0 spiro atoms. The third-order valence-electron chi connectivity index (χ3n) is 3.77. The van der Waals surface area contributed by atoms with Crippen molar-refractivity contribution in [3.63, 3.8) is 0 Å². The predicted octanol–water partition coefficient (Wildman–Crippen LogP) is 3.81. The van der Waals surface area contributed by atoms with Crippen LogP contribution in [0.25, 0.3) is 0 Å². The molecule has 22 heavy (non-hydrogen) atoms. The predicted molar refractivity (Wildman–Crippen MR) is 90.6 cm³/mol. The first kappa shape index (κ1) is 16.4. The lowest BCUT2D eigenvalue weighted by atomic mass is 10.1. The van der Waals surface area contributed by atoms with Gasteiger partial charge < -0.3 is 14.8 Å². The summed E-state index contributed by atoms with van der Waals surface area (Å²) in [5.74, 6) is 1.65. The molecule has 0 fully saturated rings. The molecule has 0 saturated heterocycles. The molecule has 0 aliphatic rings. The number of aryl methyl sites for hydroxylation is 1. The second-order valence-corrected chi connectivity index (χ2v) is 5.53. The number of nitrogens with one attached hydrogen (secondary N) is 1. The van der Waals surface area contributed by atoms with Gasteiger partial charge in [0.2, 0.25) is 0 Å². The van der Waals surface area contributed by atoms with E-state index in [2.05, 4.69) is 42.6 Å². The molecule has 0 saturated carbocycles. The van der Waals surface area contributed by atoms with Gasteiger partial charge in [-0.05, 0) is 43.0 Å². The smallest absolute Gasteiger partial charge is 0.122 e. The largest absolute Gasteiger partial charge is 0.497 e. The first-order valence-corrected chi connectivity index (χ1v) is 7.70. The maximum atomic E-state index is 5.30. The second-order valence-electron chi connectivity index (χ2n) is 5.53. The van der Waals surface area contributed by atoms with Crippen molar-refractivity contribution in [3.8, 4) is 11.5 Å². The molecule has 2 rings (SSSR count). The van der Waals surface area contributed by atoms with Crippen LogP contribution in [-0.2, 0) is 13.0 Å². The quantitative estimate of drug-likeness (QED) is 0.804. The van der Waals surface area contributed by atoms with Crippen molar-refractivity contribution in [2.24, 2.45) is 0 Å². The van der Waals surface area contributed by atoms with E-state index in [0.717, 1.165) is 30.9 Å². The number of methoxy groups -OCH3 is 2. The van der Waals surface area contributed by atoms with Gasteiger partial charge in [0.05, 0.1) is 14.2 Å². The van der Waals surface area contributed by atoms with Crippen molar-refractivity contribution >= 4 is 0 Å². The average Bonchev–Trinajstić information content (AvgIpc) is 2.58. The molecule has 0 radical (unpaired) electrons. The molecule has 118 valence electrons. The molecule has 0 unspecified atom stereocenters. The van der Waals surface area contributed by atoms with Crippen molar-refractivity contribution in [1.82, 2.24) is 5.32 Å². The zero-order chi connectivity index (χ0) is 15.8. The maximum Gasteiger partial charge on any atom is 0.122 e. The van der Waals surface area contributed by atoms with Gasteiger partial charge in [-0.2, -0.15) is 0 Å². The summed E-state index contributed by atoms with van der Waals surface area (Å²) in [6.07, 6.45) is 2.21. The number of rotatable bonds is 8. The molecule has 1 N–H and O–H groups in total. The van der Waals surface area contributed by atoms with E-state index in [4.69, 9.17) is 9.47 Å². The molecule has 0 aliphatic heterocycles. The minimum atomic E-state index is 0.456. The number of hydrogen-bond donors (Lipinski definition) is 1. The Hall–Kier alpha value is -2.00. The summed E-state index contributed by atoms with van der Waals surface area (Å²) >= 11 is 0. The van der Waals surface area contributed by atoms with E-state index in [0.29, 0.717) is 6.04 Å². The van der Waals surface area contributed by atoms with Gasteiger partial charge in [0.1, 0.15) is 11.5 Å². The summed E-state index contributed by atoms with van der Waals surface area (Å²) in [6, 6.07) is 17.0. The van der Waals surface area contributed by atoms with Crippen molar-refractivity contribution in [1.29, 1.82) is 0 Å². The normalized spacial score (nSPS) is 12.0. The molecule has 1 atom stereocenters. The first-order chi connectivity index (χ1) is 10.7. The van der Waals surface area contributed by atoms with Gasteiger partial charge in [-0.3, -0.25) is 0 Å². The highest BCUT2D eigenvalue weighted by Gasteiger charge is 2.05. The van der Waals surface area contributed by atoms with Gasteiger partial charge in [-0.1, -0.05) is 30.3 Å². The maximum absolute atomic E-state index is 5.30. The van der Waals surface area contributed by atoms with E-state index < -0.39 is 0 Å². The average molecular weight is 299 g/mol. The molecule has 3 heteroatoms. The highest BCUT2D eigenvalue weighted by molar-refractivity contribution is 5.38. The van der Waals surface area contributed by atoms with Gasteiger partial charge in [0, 0.05) is 18.7 Å². The van der Waals surface area contributed by atoms with Gasteiger partial charge >= 0.3 is 0 Å². The number of hydrogen-bond acceptors (Lipinski definition) is 3. The second kappa shape index (κ2) is 8.44. The molecule has 0 amide bonds. The monoisotopic (exact) mass is 299 g/mol. The summed E-state index contributed by atoms with van der Waals surface area (Å²) in [5.41, 5.74) is 2.56. The van der Waals surface area contributed by atoms with E-state index in [1.807, 2.05) is 18.2 Å². The molecule has 0 bridgehead atoms. The van der Waals surface area contributed by atoms with Crippen LogP contribution < -0.4 is 14.8 Å². The van der Waals surface area contributed by atoms with Crippen LogP contribution in [-0.4, -0.2) is 20.3 Å². The Morgan fingerprint density at radius 1 is 0.909 bits per heavy atom. The Bertz CT molecular complexity index is 547. The van der Waals surface area contributed by atoms with Crippen molar-refractivity contribution < 1.29 is 9.47 Å². The lowest BCUT2D eigenvalue weighted by Gasteiger charge is -2.15. The Balaban J connectivity index is 1.84. The third kappa shape index (κ3) is 5.08. The summed E-state index contributed by atoms with van der Waals surface area (Å²) in [7, 11) is 3.35. The molecule has 2 aromatic rings. The summed E-state index contributed by atoms with van der Waals surface area (Å²) in [5, 5.41) is 3.56. The van der Waals surface area contributed by atoms with Gasteiger partial charge in [-0.15, -0.1) is 0 Å². The zero-order valence-corrected chi connectivity index (χ0v) is 13.6. The fourth-order valence-electron chi connectivity index (χ4n) is 2.39. The molecular formula is C19H25NO2. The van der Waals surface area contributed by atoms with E-state index in [9.17, 15) is 0 Å². The minimum Gasteiger partial charge on any atom is -0.497 e. The van der Waals surface area contributed by atoms with Crippen LogP contribution in [0.3, 0.4) is 0 Å². The van der Waals surface area contributed by atoms with E-state index in [1.54, 1.807) is 14.2 Å². The topological polar surface area (TPSA) is 30.5 Å². The van der Waals surface area contributed by atoms with Crippen LogP contribution in [0.5, 0.6) is 11.5 Å². The lowest BCUT2D eigenvalue weighted by molar-refractivity contribution is 0.392. The molecule has 0 aliphatic carbocycles. The zero-order valence-electron chi connectivity index (χ0n) is 13.6. The SMILES string of the molecule is COc1cc(CN[C@@H](C)CCc2ccccc2)cc(OC)c1. The van der Waals surface area contributed by atoms with Crippen molar-refractivity contribution in [2.75, 3.05) is 14.2 Å². The van der Waals surface area contributed by atoms with Crippen LogP contribution in [0, 0.1) is 0 Å². The summed E-state index contributed by atoms with van der Waals surface area (Å²) in [6.45, 7) is 3.03. The molecular weight excluding hydrogens is 274 g/mol. The fourth-order valence-corrected chi connectivity index (χ4v) is 2.39. The highest BCUT2D eigenvalue weighted by Crippen LogP contribution is 2.22.